The second-order valence-corrected chi connectivity index (χ2v) is 8.10. The van der Waals surface area contributed by atoms with Crippen molar-refractivity contribution in [1.29, 1.82) is 0 Å². The minimum Gasteiger partial charge on any atom is -0.465 e. The lowest BCUT2D eigenvalue weighted by molar-refractivity contribution is -0.122. The molecule has 0 aromatic heterocycles. The van der Waals surface area contributed by atoms with Gasteiger partial charge in [-0.25, -0.2) is 9.59 Å². The molecule has 26 heavy (non-hydrogen) atoms. The highest BCUT2D eigenvalue weighted by Gasteiger charge is 2.38. The first-order valence-corrected chi connectivity index (χ1v) is 8.94. The first kappa shape index (κ1) is 21.8. The number of alkyl carbamates (subject to hydrolysis) is 1. The first-order chi connectivity index (χ1) is 11.9. The van der Waals surface area contributed by atoms with Crippen molar-refractivity contribution >= 4 is 18.0 Å². The van der Waals surface area contributed by atoms with Crippen molar-refractivity contribution in [3.63, 3.8) is 0 Å². The average molecular weight is 366 g/mol. The molecule has 7 heteroatoms. The fourth-order valence-corrected chi connectivity index (χ4v) is 3.10. The molecular formula is C19H30N2O5. The smallest absolute Gasteiger partial charge is 0.408 e. The van der Waals surface area contributed by atoms with Gasteiger partial charge in [0.2, 0.25) is 0 Å². The average Bonchev–Trinajstić information content (AvgIpc) is 2.86. The Bertz CT molecular complexity index is 573. The number of carbonyl (C=O) groups excluding carboxylic acids is 2. The molecule has 2 amide bonds. The van der Waals surface area contributed by atoms with E-state index in [1.54, 1.807) is 20.8 Å². The Morgan fingerprint density at radius 2 is 1.92 bits per heavy atom. The zero-order valence-corrected chi connectivity index (χ0v) is 16.2. The highest BCUT2D eigenvalue weighted by Crippen LogP contribution is 2.27. The van der Waals surface area contributed by atoms with Crippen LogP contribution < -0.4 is 5.32 Å². The number of Topliss-reactive ketones (excluding diaryl/α,β-unsaturated/α-hetero) is 1. The maximum Gasteiger partial charge on any atom is 0.408 e. The highest BCUT2D eigenvalue weighted by atomic mass is 16.6. The number of terminal acetylenes is 1. The molecule has 0 aromatic carbocycles. The minimum absolute atomic E-state index is 0.0255. The van der Waals surface area contributed by atoms with Gasteiger partial charge in [-0.05, 0) is 46.0 Å². The third kappa shape index (κ3) is 6.58. The van der Waals surface area contributed by atoms with Crippen LogP contribution >= 0.6 is 0 Å². The number of likely N-dealkylation sites (tertiary alicyclic amines) is 1. The van der Waals surface area contributed by atoms with Crippen molar-refractivity contribution < 1.29 is 24.2 Å². The van der Waals surface area contributed by atoms with Gasteiger partial charge in [-0.2, -0.15) is 0 Å². The zero-order chi connectivity index (χ0) is 20.1. The predicted molar refractivity (Wildman–Crippen MR) is 97.7 cm³/mol. The van der Waals surface area contributed by atoms with E-state index < -0.39 is 35.9 Å². The molecular weight excluding hydrogens is 336 g/mol. The van der Waals surface area contributed by atoms with E-state index in [-0.39, 0.29) is 18.1 Å². The normalized spacial score (nSPS) is 21.2. The molecule has 0 spiro atoms. The second-order valence-electron chi connectivity index (χ2n) is 8.10. The molecule has 1 fully saturated rings. The number of nitrogens with zero attached hydrogens (tertiary/aromatic N) is 1. The summed E-state index contributed by atoms with van der Waals surface area (Å²) in [6.07, 6.45) is 5.17. The Kier molecular flexibility index (Phi) is 7.49. The zero-order valence-electron chi connectivity index (χ0n) is 16.2. The van der Waals surface area contributed by atoms with E-state index in [4.69, 9.17) is 11.2 Å². The van der Waals surface area contributed by atoms with Crippen LogP contribution in [0.25, 0.3) is 0 Å². The Morgan fingerprint density at radius 3 is 2.38 bits per heavy atom. The third-order valence-corrected chi connectivity index (χ3v) is 4.14. The van der Waals surface area contributed by atoms with Crippen molar-refractivity contribution in [1.82, 2.24) is 10.2 Å². The molecule has 3 atom stereocenters. The molecule has 2 N–H and O–H groups in total. The number of amides is 2. The summed E-state index contributed by atoms with van der Waals surface area (Å²) >= 11 is 0. The Hall–Kier alpha value is -2.23. The van der Waals surface area contributed by atoms with Gasteiger partial charge in [-0.1, -0.05) is 19.8 Å². The lowest BCUT2D eigenvalue weighted by Gasteiger charge is -2.27. The van der Waals surface area contributed by atoms with Gasteiger partial charge in [-0.3, -0.25) is 9.69 Å². The lowest BCUT2D eigenvalue weighted by atomic mass is 9.95. The van der Waals surface area contributed by atoms with Gasteiger partial charge in [-0.15, -0.1) is 6.42 Å². The number of ketones is 1. The van der Waals surface area contributed by atoms with Gasteiger partial charge in [0, 0.05) is 12.5 Å². The van der Waals surface area contributed by atoms with Crippen LogP contribution in [-0.4, -0.2) is 51.7 Å². The predicted octanol–water partition coefficient (Wildman–Crippen LogP) is 3.03. The van der Waals surface area contributed by atoms with Crippen LogP contribution in [0.3, 0.4) is 0 Å². The molecule has 1 rings (SSSR count). The van der Waals surface area contributed by atoms with Crippen molar-refractivity contribution in [2.75, 3.05) is 0 Å². The van der Waals surface area contributed by atoms with Crippen molar-refractivity contribution in [2.24, 2.45) is 5.92 Å². The largest absolute Gasteiger partial charge is 0.465 e. The Balaban J connectivity index is 2.81. The molecule has 146 valence electrons. The summed E-state index contributed by atoms with van der Waals surface area (Å²) in [6, 6.07) is -1.69. The van der Waals surface area contributed by atoms with Crippen molar-refractivity contribution in [3.8, 4) is 12.3 Å². The van der Waals surface area contributed by atoms with E-state index in [0.29, 0.717) is 19.3 Å². The maximum atomic E-state index is 12.8. The molecule has 1 saturated heterocycles. The molecule has 1 aliphatic heterocycles. The minimum atomic E-state index is -1.12. The molecule has 0 aromatic rings. The van der Waals surface area contributed by atoms with Gasteiger partial charge < -0.3 is 15.2 Å². The lowest BCUT2D eigenvalue weighted by Crippen LogP contribution is -2.47. The van der Waals surface area contributed by atoms with Crippen LogP contribution in [0.2, 0.25) is 0 Å². The summed E-state index contributed by atoms with van der Waals surface area (Å²) in [5.74, 6) is 2.43. The van der Waals surface area contributed by atoms with Gasteiger partial charge in [0.25, 0.3) is 0 Å². The Morgan fingerprint density at radius 1 is 1.31 bits per heavy atom. The van der Waals surface area contributed by atoms with Crippen LogP contribution in [0.4, 0.5) is 9.59 Å². The number of carbonyl (C=O) groups is 3. The van der Waals surface area contributed by atoms with Crippen LogP contribution in [0.5, 0.6) is 0 Å². The summed E-state index contributed by atoms with van der Waals surface area (Å²) in [5.41, 5.74) is -0.666. The molecule has 0 bridgehead atoms. The molecule has 1 aliphatic rings. The summed E-state index contributed by atoms with van der Waals surface area (Å²) < 4.78 is 5.23. The standard InChI is InChI=1S/C19H30N2O5/c1-7-13-8-9-14(21(13)18(24)25)11-16(22)15(10-12(2)3)20-17(23)26-19(4,5)6/h1,12-15H,8-11H2,2-6H3,(H,20,23)(H,24,25)/t13-,14?,15-/m0/s1. The summed E-state index contributed by atoms with van der Waals surface area (Å²) in [7, 11) is 0. The summed E-state index contributed by atoms with van der Waals surface area (Å²) in [4.78, 5) is 37.5. The van der Waals surface area contributed by atoms with E-state index in [0.717, 1.165) is 0 Å². The number of nitrogens with one attached hydrogen (secondary N) is 1. The number of carboxylic acid groups (broad SMARTS) is 1. The van der Waals surface area contributed by atoms with E-state index >= 15 is 0 Å². The van der Waals surface area contributed by atoms with Gasteiger partial charge >= 0.3 is 12.2 Å². The van der Waals surface area contributed by atoms with Gasteiger partial charge in [0.15, 0.2) is 5.78 Å². The summed E-state index contributed by atoms with van der Waals surface area (Å²) in [6.45, 7) is 9.13. The van der Waals surface area contributed by atoms with Crippen LogP contribution in [0, 0.1) is 18.3 Å². The van der Waals surface area contributed by atoms with E-state index in [1.165, 1.54) is 4.90 Å². The fraction of sp³-hybridized carbons (Fsp3) is 0.737. The summed E-state index contributed by atoms with van der Waals surface area (Å²) in [5, 5.41) is 12.0. The highest BCUT2D eigenvalue weighted by molar-refractivity contribution is 5.88. The van der Waals surface area contributed by atoms with Gasteiger partial charge in [0.1, 0.15) is 5.60 Å². The van der Waals surface area contributed by atoms with Crippen molar-refractivity contribution in [2.45, 2.75) is 84.0 Å². The van der Waals surface area contributed by atoms with Crippen LogP contribution in [-0.2, 0) is 9.53 Å². The molecule has 1 heterocycles. The first-order valence-electron chi connectivity index (χ1n) is 8.94. The monoisotopic (exact) mass is 366 g/mol. The third-order valence-electron chi connectivity index (χ3n) is 4.14. The topological polar surface area (TPSA) is 95.9 Å². The number of hydrogen-bond donors (Lipinski definition) is 2. The Labute approximate surface area is 155 Å². The number of hydrogen-bond acceptors (Lipinski definition) is 4. The number of ether oxygens (including phenoxy) is 1. The molecule has 7 nitrogen and oxygen atoms in total. The molecule has 0 radical (unpaired) electrons. The van der Waals surface area contributed by atoms with E-state index in [9.17, 15) is 19.5 Å². The fourth-order valence-electron chi connectivity index (χ4n) is 3.10. The molecule has 1 unspecified atom stereocenters. The van der Waals surface area contributed by atoms with Crippen molar-refractivity contribution in [3.05, 3.63) is 0 Å². The maximum absolute atomic E-state index is 12.8. The van der Waals surface area contributed by atoms with Crippen LogP contribution in [0.1, 0.15) is 60.3 Å². The molecule has 0 saturated carbocycles. The van der Waals surface area contributed by atoms with Gasteiger partial charge in [0.05, 0.1) is 12.1 Å². The molecule has 0 aliphatic carbocycles. The van der Waals surface area contributed by atoms with E-state index in [2.05, 4.69) is 11.2 Å². The van der Waals surface area contributed by atoms with Crippen LogP contribution in [0.15, 0.2) is 0 Å². The quantitative estimate of drug-likeness (QED) is 0.705. The SMILES string of the molecule is C#C[C@H]1CCC(CC(=O)[C@H](CC(C)C)NC(=O)OC(C)(C)C)N1C(=O)O. The second kappa shape index (κ2) is 8.93. The number of rotatable bonds is 6. The van der Waals surface area contributed by atoms with E-state index in [1.807, 2.05) is 13.8 Å².